The number of nitrogens with zero attached hydrogens (tertiary/aromatic N) is 1. The Morgan fingerprint density at radius 1 is 1.23 bits per heavy atom. The number of hydrogen-bond acceptors (Lipinski definition) is 5. The number of sulfonamides is 1. The first-order chi connectivity index (χ1) is 10.5. The summed E-state index contributed by atoms with van der Waals surface area (Å²) in [5.41, 5.74) is 0. The second-order valence-corrected chi connectivity index (χ2v) is 7.03. The summed E-state index contributed by atoms with van der Waals surface area (Å²) in [6, 6.07) is 4.73. The predicted octanol–water partition coefficient (Wildman–Crippen LogP) is 1.47. The van der Waals surface area contributed by atoms with Gasteiger partial charge in [-0.15, -0.1) is 0 Å². The number of ether oxygens (including phenoxy) is 2. The van der Waals surface area contributed by atoms with E-state index in [4.69, 9.17) is 9.47 Å². The molecule has 1 fully saturated rings. The summed E-state index contributed by atoms with van der Waals surface area (Å²) in [7, 11) is -3.53. The van der Waals surface area contributed by atoms with Gasteiger partial charge in [0.05, 0.1) is 18.1 Å². The molecule has 0 unspecified atom stereocenters. The fourth-order valence-corrected chi connectivity index (χ4v) is 4.15. The van der Waals surface area contributed by atoms with Crippen molar-refractivity contribution in [3.05, 3.63) is 18.2 Å². The van der Waals surface area contributed by atoms with Crippen molar-refractivity contribution in [3.63, 3.8) is 0 Å². The van der Waals surface area contributed by atoms with Gasteiger partial charge in [0.1, 0.15) is 0 Å². The number of nitrogens with one attached hydrogen (secondary N) is 1. The number of piperazine rings is 1. The summed E-state index contributed by atoms with van der Waals surface area (Å²) in [4.78, 5) is 0.244. The summed E-state index contributed by atoms with van der Waals surface area (Å²) >= 11 is 0. The Labute approximate surface area is 132 Å². The molecule has 1 atom stereocenters. The highest BCUT2D eigenvalue weighted by Crippen LogP contribution is 2.32. The number of benzene rings is 1. The first-order valence-electron chi connectivity index (χ1n) is 7.63. The van der Waals surface area contributed by atoms with Gasteiger partial charge in [0.2, 0.25) is 10.0 Å². The maximum absolute atomic E-state index is 12.8. The minimum atomic E-state index is -3.53. The Hall–Kier alpha value is -1.31. The summed E-state index contributed by atoms with van der Waals surface area (Å²) < 4.78 is 38.2. The van der Waals surface area contributed by atoms with Crippen LogP contribution in [0.2, 0.25) is 0 Å². The van der Waals surface area contributed by atoms with Crippen molar-refractivity contribution in [1.29, 1.82) is 0 Å². The lowest BCUT2D eigenvalue weighted by Crippen LogP contribution is -2.52. The SMILES string of the molecule is CCOc1ccc(S(=O)(=O)N2CCNC[C@@H]2C)cc1OCC. The lowest BCUT2D eigenvalue weighted by molar-refractivity contribution is 0.281. The van der Waals surface area contributed by atoms with Crippen molar-refractivity contribution < 1.29 is 17.9 Å². The zero-order valence-corrected chi connectivity index (χ0v) is 14.1. The molecule has 0 saturated carbocycles. The van der Waals surface area contributed by atoms with Gasteiger partial charge in [-0.1, -0.05) is 0 Å². The van der Waals surface area contributed by atoms with E-state index in [-0.39, 0.29) is 10.9 Å². The fraction of sp³-hybridized carbons (Fsp3) is 0.600. The van der Waals surface area contributed by atoms with Gasteiger partial charge in [0, 0.05) is 31.7 Å². The molecule has 1 aromatic carbocycles. The van der Waals surface area contributed by atoms with Gasteiger partial charge in [0.15, 0.2) is 11.5 Å². The Morgan fingerprint density at radius 2 is 1.91 bits per heavy atom. The highest BCUT2D eigenvalue weighted by Gasteiger charge is 2.31. The molecule has 2 rings (SSSR count). The van der Waals surface area contributed by atoms with Crippen molar-refractivity contribution in [2.24, 2.45) is 0 Å². The Bertz CT molecular complexity index is 604. The van der Waals surface area contributed by atoms with Crippen LogP contribution in [-0.4, -0.2) is 51.6 Å². The van der Waals surface area contributed by atoms with E-state index in [9.17, 15) is 8.42 Å². The van der Waals surface area contributed by atoms with Gasteiger partial charge in [-0.2, -0.15) is 4.31 Å². The predicted molar refractivity (Wildman–Crippen MR) is 85.0 cm³/mol. The van der Waals surface area contributed by atoms with E-state index in [0.717, 1.165) is 0 Å². The van der Waals surface area contributed by atoms with Gasteiger partial charge in [0.25, 0.3) is 0 Å². The highest BCUT2D eigenvalue weighted by atomic mass is 32.2. The molecule has 7 heteroatoms. The van der Waals surface area contributed by atoms with E-state index in [2.05, 4.69) is 5.32 Å². The van der Waals surface area contributed by atoms with E-state index >= 15 is 0 Å². The van der Waals surface area contributed by atoms with Gasteiger partial charge in [-0.25, -0.2) is 8.42 Å². The molecule has 0 spiro atoms. The zero-order valence-electron chi connectivity index (χ0n) is 13.3. The summed E-state index contributed by atoms with van der Waals surface area (Å²) in [6.07, 6.45) is 0. The number of hydrogen-bond donors (Lipinski definition) is 1. The zero-order chi connectivity index (χ0) is 16.2. The first-order valence-corrected chi connectivity index (χ1v) is 9.07. The Morgan fingerprint density at radius 3 is 2.55 bits per heavy atom. The largest absolute Gasteiger partial charge is 0.490 e. The van der Waals surface area contributed by atoms with Crippen LogP contribution in [0.4, 0.5) is 0 Å². The molecule has 0 radical (unpaired) electrons. The van der Waals surface area contributed by atoms with E-state index in [1.807, 2.05) is 20.8 Å². The third-order valence-electron chi connectivity index (χ3n) is 3.56. The van der Waals surface area contributed by atoms with Gasteiger partial charge in [-0.05, 0) is 32.9 Å². The average molecular weight is 328 g/mol. The molecule has 0 bridgehead atoms. The molecular weight excluding hydrogens is 304 g/mol. The maximum atomic E-state index is 12.8. The van der Waals surface area contributed by atoms with Crippen molar-refractivity contribution >= 4 is 10.0 Å². The summed E-state index contributed by atoms with van der Waals surface area (Å²) in [5, 5.41) is 3.19. The van der Waals surface area contributed by atoms with Gasteiger partial charge < -0.3 is 14.8 Å². The normalized spacial score (nSPS) is 19.9. The third-order valence-corrected chi connectivity index (χ3v) is 5.57. The van der Waals surface area contributed by atoms with Crippen LogP contribution in [0.1, 0.15) is 20.8 Å². The number of rotatable bonds is 6. The quantitative estimate of drug-likeness (QED) is 0.856. The van der Waals surface area contributed by atoms with Gasteiger partial charge in [-0.3, -0.25) is 0 Å². The van der Waals surface area contributed by atoms with E-state index in [1.54, 1.807) is 18.2 Å². The van der Waals surface area contributed by atoms with Crippen LogP contribution in [0.25, 0.3) is 0 Å². The molecule has 1 aliphatic rings. The minimum absolute atomic E-state index is 0.0686. The van der Waals surface area contributed by atoms with Crippen LogP contribution in [-0.2, 0) is 10.0 Å². The molecule has 1 heterocycles. The molecular formula is C15H24N2O4S. The molecule has 1 saturated heterocycles. The lowest BCUT2D eigenvalue weighted by Gasteiger charge is -2.32. The van der Waals surface area contributed by atoms with Crippen molar-refractivity contribution in [2.45, 2.75) is 31.7 Å². The van der Waals surface area contributed by atoms with Crippen LogP contribution >= 0.6 is 0 Å². The summed E-state index contributed by atoms with van der Waals surface area (Å²) in [6.45, 7) is 8.39. The topological polar surface area (TPSA) is 67.9 Å². The van der Waals surface area contributed by atoms with Crippen LogP contribution < -0.4 is 14.8 Å². The average Bonchev–Trinajstić information content (AvgIpc) is 2.49. The van der Waals surface area contributed by atoms with E-state index in [1.165, 1.54) is 4.31 Å². The summed E-state index contributed by atoms with van der Waals surface area (Å²) in [5.74, 6) is 1.03. The monoisotopic (exact) mass is 328 g/mol. The van der Waals surface area contributed by atoms with Gasteiger partial charge >= 0.3 is 0 Å². The Balaban J connectivity index is 2.36. The van der Waals surface area contributed by atoms with Crippen molar-refractivity contribution in [3.8, 4) is 11.5 Å². The molecule has 0 aliphatic carbocycles. The van der Waals surface area contributed by atoms with Crippen LogP contribution in [0.3, 0.4) is 0 Å². The minimum Gasteiger partial charge on any atom is -0.490 e. The molecule has 1 N–H and O–H groups in total. The molecule has 22 heavy (non-hydrogen) atoms. The molecule has 6 nitrogen and oxygen atoms in total. The molecule has 1 aromatic rings. The molecule has 124 valence electrons. The molecule has 0 aromatic heterocycles. The lowest BCUT2D eigenvalue weighted by atomic mass is 10.3. The molecule has 0 amide bonds. The van der Waals surface area contributed by atoms with Crippen molar-refractivity contribution in [1.82, 2.24) is 9.62 Å². The third kappa shape index (κ3) is 3.53. The Kier molecular flexibility index (Phi) is 5.66. The standard InChI is InChI=1S/C15H24N2O4S/c1-4-20-14-7-6-13(10-15(14)21-5-2)22(18,19)17-9-8-16-11-12(17)3/h6-7,10,12,16H,4-5,8-9,11H2,1-3H3/t12-/m0/s1. The van der Waals surface area contributed by atoms with E-state index < -0.39 is 10.0 Å². The first kappa shape index (κ1) is 17.1. The second kappa shape index (κ2) is 7.30. The molecule has 1 aliphatic heterocycles. The van der Waals surface area contributed by atoms with Crippen LogP contribution in [0.5, 0.6) is 11.5 Å². The van der Waals surface area contributed by atoms with Crippen molar-refractivity contribution in [2.75, 3.05) is 32.8 Å². The maximum Gasteiger partial charge on any atom is 0.243 e. The van der Waals surface area contributed by atoms with Crippen LogP contribution in [0.15, 0.2) is 23.1 Å². The smallest absolute Gasteiger partial charge is 0.243 e. The van der Waals surface area contributed by atoms with Crippen LogP contribution in [0, 0.1) is 0 Å². The van der Waals surface area contributed by atoms with E-state index in [0.29, 0.717) is 44.3 Å². The second-order valence-electron chi connectivity index (χ2n) is 5.14. The fourth-order valence-electron chi connectivity index (χ4n) is 2.51. The highest BCUT2D eigenvalue weighted by molar-refractivity contribution is 7.89.